The largest absolute Gasteiger partial charge is 0.481 e. The molecule has 16 heavy (non-hydrogen) atoms. The predicted octanol–water partition coefficient (Wildman–Crippen LogP) is 1.50. The van der Waals surface area contributed by atoms with Gasteiger partial charge in [-0.25, -0.2) is 0 Å². The van der Waals surface area contributed by atoms with Crippen molar-refractivity contribution in [2.75, 3.05) is 18.1 Å². The van der Waals surface area contributed by atoms with Gasteiger partial charge in [0.1, 0.15) is 0 Å². The lowest BCUT2D eigenvalue weighted by Crippen LogP contribution is -2.31. The molecule has 0 bridgehead atoms. The van der Waals surface area contributed by atoms with Crippen LogP contribution in [0.15, 0.2) is 0 Å². The minimum Gasteiger partial charge on any atom is -0.481 e. The van der Waals surface area contributed by atoms with Crippen LogP contribution in [0.4, 0.5) is 0 Å². The van der Waals surface area contributed by atoms with Crippen LogP contribution < -0.4 is 5.32 Å². The number of hydrogen-bond donors (Lipinski definition) is 2. The molecule has 2 N–H and O–H groups in total. The van der Waals surface area contributed by atoms with E-state index in [4.69, 9.17) is 5.11 Å². The maximum Gasteiger partial charge on any atom is 0.313 e. The summed E-state index contributed by atoms with van der Waals surface area (Å²) in [4.78, 5) is 21.6. The van der Waals surface area contributed by atoms with Crippen molar-refractivity contribution in [3.63, 3.8) is 0 Å². The number of amides is 1. The summed E-state index contributed by atoms with van der Waals surface area (Å²) in [5.74, 6) is -0.0420. The van der Waals surface area contributed by atoms with Crippen molar-refractivity contribution in [3.8, 4) is 0 Å². The van der Waals surface area contributed by atoms with Crippen LogP contribution in [-0.4, -0.2) is 35.0 Å². The number of thioether (sulfide) groups is 1. The molecule has 0 aliphatic heterocycles. The molecule has 0 unspecified atom stereocenters. The van der Waals surface area contributed by atoms with E-state index in [9.17, 15) is 9.59 Å². The highest BCUT2D eigenvalue weighted by molar-refractivity contribution is 8.00. The molecule has 0 aromatic heterocycles. The fourth-order valence-corrected chi connectivity index (χ4v) is 2.50. The molecule has 0 saturated heterocycles. The van der Waals surface area contributed by atoms with Gasteiger partial charge in [-0.15, -0.1) is 11.8 Å². The Kier molecular flexibility index (Phi) is 6.30. The molecule has 1 aliphatic carbocycles. The first-order valence-corrected chi connectivity index (χ1v) is 6.90. The van der Waals surface area contributed by atoms with Crippen LogP contribution in [0, 0.1) is 5.92 Å². The molecular formula is C11H19NO3S. The first-order valence-electron chi connectivity index (χ1n) is 5.74. The van der Waals surface area contributed by atoms with Crippen LogP contribution in [0.3, 0.4) is 0 Å². The van der Waals surface area contributed by atoms with Gasteiger partial charge in [0.05, 0.1) is 11.5 Å². The summed E-state index contributed by atoms with van der Waals surface area (Å²) in [5.41, 5.74) is 0. The molecule has 0 spiro atoms. The van der Waals surface area contributed by atoms with Crippen LogP contribution >= 0.6 is 11.8 Å². The van der Waals surface area contributed by atoms with Crippen molar-refractivity contribution in [1.29, 1.82) is 0 Å². The molecule has 0 aromatic rings. The monoisotopic (exact) mass is 245 g/mol. The number of carbonyl (C=O) groups excluding carboxylic acids is 1. The quantitative estimate of drug-likeness (QED) is 0.744. The molecule has 0 radical (unpaired) electrons. The van der Waals surface area contributed by atoms with Crippen LogP contribution in [-0.2, 0) is 9.59 Å². The number of carboxylic acids is 1. The predicted molar refractivity (Wildman–Crippen MR) is 64.5 cm³/mol. The van der Waals surface area contributed by atoms with Crippen molar-refractivity contribution in [2.45, 2.75) is 32.1 Å². The maximum absolute atomic E-state index is 11.3. The minimum atomic E-state index is -0.870. The van der Waals surface area contributed by atoms with Gasteiger partial charge in [0.2, 0.25) is 5.91 Å². The first kappa shape index (κ1) is 13.4. The Morgan fingerprint density at radius 2 is 1.88 bits per heavy atom. The Balaban J connectivity index is 2.02. The lowest BCUT2D eigenvalue weighted by Gasteiger charge is -2.21. The Bertz CT molecular complexity index is 239. The fraction of sp³-hybridized carbons (Fsp3) is 0.818. The second-order valence-corrected chi connectivity index (χ2v) is 5.18. The van der Waals surface area contributed by atoms with Gasteiger partial charge >= 0.3 is 5.97 Å². The number of nitrogens with one attached hydrogen (secondary N) is 1. The van der Waals surface area contributed by atoms with Gasteiger partial charge in [-0.05, 0) is 18.8 Å². The summed E-state index contributed by atoms with van der Waals surface area (Å²) < 4.78 is 0. The van der Waals surface area contributed by atoms with Gasteiger partial charge in [-0.3, -0.25) is 9.59 Å². The third kappa shape index (κ3) is 6.00. The van der Waals surface area contributed by atoms with Crippen LogP contribution in [0.5, 0.6) is 0 Å². The molecule has 1 rings (SSSR count). The molecule has 0 atom stereocenters. The standard InChI is InChI=1S/C11H19NO3S/c13-10(7-16-8-11(14)15)12-6-9-4-2-1-3-5-9/h9H,1-8H2,(H,12,13)(H,14,15). The van der Waals surface area contributed by atoms with Gasteiger partial charge in [0.25, 0.3) is 0 Å². The zero-order valence-corrected chi connectivity index (χ0v) is 10.2. The van der Waals surface area contributed by atoms with Crippen molar-refractivity contribution < 1.29 is 14.7 Å². The van der Waals surface area contributed by atoms with Gasteiger partial charge < -0.3 is 10.4 Å². The smallest absolute Gasteiger partial charge is 0.313 e. The van der Waals surface area contributed by atoms with Gasteiger partial charge in [-0.1, -0.05) is 19.3 Å². The second kappa shape index (κ2) is 7.54. The third-order valence-electron chi connectivity index (χ3n) is 2.77. The van der Waals surface area contributed by atoms with Crippen molar-refractivity contribution in [1.82, 2.24) is 5.32 Å². The zero-order valence-electron chi connectivity index (χ0n) is 9.41. The molecule has 0 aromatic carbocycles. The average molecular weight is 245 g/mol. The second-order valence-electron chi connectivity index (χ2n) is 4.19. The molecule has 4 nitrogen and oxygen atoms in total. The molecule has 1 fully saturated rings. The molecule has 1 saturated carbocycles. The SMILES string of the molecule is O=C(O)CSCC(=O)NCC1CCCCC1. The van der Waals surface area contributed by atoms with Crippen LogP contribution in [0.1, 0.15) is 32.1 Å². The topological polar surface area (TPSA) is 66.4 Å². The maximum atomic E-state index is 11.3. The van der Waals surface area contributed by atoms with E-state index in [1.807, 2.05) is 0 Å². The Morgan fingerprint density at radius 3 is 2.50 bits per heavy atom. The summed E-state index contributed by atoms with van der Waals surface area (Å²) in [5, 5.41) is 11.3. The normalized spacial score (nSPS) is 17.0. The number of carboxylic acid groups (broad SMARTS) is 1. The summed E-state index contributed by atoms with van der Waals surface area (Å²) in [6.45, 7) is 0.756. The Labute approximate surface area is 100 Å². The molecule has 1 amide bonds. The first-order chi connectivity index (χ1) is 7.68. The number of aliphatic carboxylic acids is 1. The number of rotatable bonds is 6. The lowest BCUT2D eigenvalue weighted by molar-refractivity contribution is -0.133. The van der Waals surface area contributed by atoms with E-state index >= 15 is 0 Å². The van der Waals surface area contributed by atoms with E-state index in [0.717, 1.165) is 18.3 Å². The van der Waals surface area contributed by atoms with Gasteiger partial charge in [-0.2, -0.15) is 0 Å². The molecular weight excluding hydrogens is 226 g/mol. The zero-order chi connectivity index (χ0) is 11.8. The Morgan fingerprint density at radius 1 is 1.19 bits per heavy atom. The van der Waals surface area contributed by atoms with Crippen molar-refractivity contribution in [3.05, 3.63) is 0 Å². The van der Waals surface area contributed by atoms with E-state index < -0.39 is 5.97 Å². The average Bonchev–Trinajstić information content (AvgIpc) is 2.27. The summed E-state index contributed by atoms with van der Waals surface area (Å²) in [6.07, 6.45) is 6.28. The van der Waals surface area contributed by atoms with Gasteiger partial charge in [0.15, 0.2) is 0 Å². The highest BCUT2D eigenvalue weighted by Crippen LogP contribution is 2.22. The minimum absolute atomic E-state index is 0.00313. The van der Waals surface area contributed by atoms with E-state index in [-0.39, 0.29) is 17.4 Å². The van der Waals surface area contributed by atoms with Crippen molar-refractivity contribution in [2.24, 2.45) is 5.92 Å². The van der Waals surface area contributed by atoms with E-state index in [1.54, 1.807) is 0 Å². The summed E-state index contributed by atoms with van der Waals surface area (Å²) in [7, 11) is 0. The van der Waals surface area contributed by atoms with Crippen molar-refractivity contribution >= 4 is 23.6 Å². The van der Waals surface area contributed by atoms with E-state index in [0.29, 0.717) is 5.92 Å². The van der Waals surface area contributed by atoms with Crippen LogP contribution in [0.25, 0.3) is 0 Å². The third-order valence-corrected chi connectivity index (χ3v) is 3.69. The summed E-state index contributed by atoms with van der Waals surface area (Å²) in [6, 6.07) is 0. The number of hydrogen-bond acceptors (Lipinski definition) is 3. The fourth-order valence-electron chi connectivity index (χ4n) is 1.93. The van der Waals surface area contributed by atoms with Crippen LogP contribution in [0.2, 0.25) is 0 Å². The highest BCUT2D eigenvalue weighted by atomic mass is 32.2. The summed E-state index contributed by atoms with van der Waals surface area (Å²) >= 11 is 1.14. The highest BCUT2D eigenvalue weighted by Gasteiger charge is 2.14. The molecule has 0 heterocycles. The molecule has 1 aliphatic rings. The number of carbonyl (C=O) groups is 2. The Hall–Kier alpha value is -0.710. The van der Waals surface area contributed by atoms with E-state index in [2.05, 4.69) is 5.32 Å². The molecule has 92 valence electrons. The molecule has 5 heteroatoms. The lowest BCUT2D eigenvalue weighted by atomic mass is 9.89. The van der Waals surface area contributed by atoms with Gasteiger partial charge in [0, 0.05) is 6.54 Å². The van der Waals surface area contributed by atoms with E-state index in [1.165, 1.54) is 32.1 Å².